The third-order valence-electron chi connectivity index (χ3n) is 3.87. The summed E-state index contributed by atoms with van der Waals surface area (Å²) in [5, 5.41) is 5.90. The number of nitrogens with one attached hydrogen (secondary N) is 2. The molecule has 0 fully saturated rings. The van der Waals surface area contributed by atoms with Gasteiger partial charge in [-0.3, -0.25) is 9.59 Å². The molecule has 7 heteroatoms. The van der Waals surface area contributed by atoms with Crippen molar-refractivity contribution >= 4 is 39.8 Å². The van der Waals surface area contributed by atoms with Crippen molar-refractivity contribution in [3.63, 3.8) is 0 Å². The Kier molecular flexibility index (Phi) is 6.52. The number of ether oxygens (including phenoxy) is 1. The van der Waals surface area contributed by atoms with Gasteiger partial charge in [-0.2, -0.15) is 0 Å². The van der Waals surface area contributed by atoms with E-state index in [1.54, 1.807) is 13.0 Å². The summed E-state index contributed by atoms with van der Waals surface area (Å²) in [7, 11) is 1.27. The number of methoxy groups -OCH3 is 1. The van der Waals surface area contributed by atoms with E-state index in [0.717, 1.165) is 16.9 Å². The van der Waals surface area contributed by atoms with Gasteiger partial charge >= 0.3 is 5.97 Å². The molecule has 0 spiro atoms. The van der Waals surface area contributed by atoms with Crippen LogP contribution in [0.25, 0.3) is 0 Å². The van der Waals surface area contributed by atoms with Crippen LogP contribution in [0.1, 0.15) is 50.9 Å². The summed E-state index contributed by atoms with van der Waals surface area (Å²) in [6.07, 6.45) is 1.02. The minimum absolute atomic E-state index is 0.204. The van der Waals surface area contributed by atoms with Gasteiger partial charge in [-0.25, -0.2) is 4.79 Å². The number of hydrogen-bond donors (Lipinski definition) is 2. The number of rotatable bonds is 6. The highest BCUT2D eigenvalue weighted by Crippen LogP contribution is 2.34. The Morgan fingerprint density at radius 1 is 1.12 bits per heavy atom. The average Bonchev–Trinajstić information content (AvgIpc) is 2.92. The first-order valence-electron chi connectivity index (χ1n) is 8.27. The van der Waals surface area contributed by atoms with E-state index in [4.69, 9.17) is 4.74 Å². The first-order chi connectivity index (χ1) is 12.4. The molecule has 0 saturated carbocycles. The lowest BCUT2D eigenvalue weighted by Crippen LogP contribution is -2.14. The molecule has 26 heavy (non-hydrogen) atoms. The van der Waals surface area contributed by atoms with Crippen LogP contribution in [-0.4, -0.2) is 24.9 Å². The maximum atomic E-state index is 12.7. The smallest absolute Gasteiger partial charge is 0.341 e. The Hall–Kier alpha value is -2.67. The molecule has 1 aromatic carbocycles. The number of esters is 1. The zero-order valence-corrected chi connectivity index (χ0v) is 16.1. The second-order valence-corrected chi connectivity index (χ2v) is 6.84. The molecule has 0 saturated heterocycles. The van der Waals surface area contributed by atoms with Crippen LogP contribution < -0.4 is 10.6 Å². The van der Waals surface area contributed by atoms with E-state index >= 15 is 0 Å². The lowest BCUT2D eigenvalue weighted by molar-refractivity contribution is -0.116. The van der Waals surface area contributed by atoms with Gasteiger partial charge in [0.1, 0.15) is 5.00 Å². The van der Waals surface area contributed by atoms with Crippen LogP contribution in [0.5, 0.6) is 0 Å². The highest BCUT2D eigenvalue weighted by Gasteiger charge is 2.26. The molecule has 0 aliphatic heterocycles. The Bertz CT molecular complexity index is 842. The van der Waals surface area contributed by atoms with E-state index in [0.29, 0.717) is 34.0 Å². The Labute approximate surface area is 156 Å². The summed E-state index contributed by atoms with van der Waals surface area (Å²) in [6, 6.07) is 7.42. The minimum atomic E-state index is -0.583. The highest BCUT2D eigenvalue weighted by atomic mass is 32.1. The number of hydrogen-bond acceptors (Lipinski definition) is 5. The third-order valence-corrected chi connectivity index (χ3v) is 5.07. The van der Waals surface area contributed by atoms with Gasteiger partial charge in [-0.15, -0.1) is 11.3 Å². The summed E-state index contributed by atoms with van der Waals surface area (Å²) in [4.78, 5) is 37.2. The van der Waals surface area contributed by atoms with Gasteiger partial charge in [-0.05, 0) is 37.5 Å². The number of benzene rings is 1. The third kappa shape index (κ3) is 4.29. The van der Waals surface area contributed by atoms with E-state index in [1.165, 1.54) is 7.11 Å². The van der Waals surface area contributed by atoms with Crippen molar-refractivity contribution in [1.29, 1.82) is 0 Å². The number of aryl methyl sites for hydroxylation is 1. The molecule has 2 amide bonds. The summed E-state index contributed by atoms with van der Waals surface area (Å²) < 4.78 is 4.81. The lowest BCUT2D eigenvalue weighted by Gasteiger charge is -2.07. The summed E-state index contributed by atoms with van der Waals surface area (Å²) in [5.74, 6) is -1.12. The second-order valence-electron chi connectivity index (χ2n) is 5.82. The van der Waals surface area contributed by atoms with Gasteiger partial charge in [0.15, 0.2) is 0 Å². The SMILES string of the molecule is CCCC(=O)Nc1sc(C(=O)Nc2ccccc2C)c(C)c1C(=O)OC. The molecule has 138 valence electrons. The van der Waals surface area contributed by atoms with Crippen LogP contribution in [0.3, 0.4) is 0 Å². The minimum Gasteiger partial charge on any atom is -0.465 e. The Morgan fingerprint density at radius 2 is 1.81 bits per heavy atom. The molecule has 2 N–H and O–H groups in total. The molecule has 0 radical (unpaired) electrons. The van der Waals surface area contributed by atoms with Crippen molar-refractivity contribution in [2.24, 2.45) is 0 Å². The van der Waals surface area contributed by atoms with Gasteiger partial charge in [0.25, 0.3) is 5.91 Å². The number of amides is 2. The molecular formula is C19H22N2O4S. The molecule has 6 nitrogen and oxygen atoms in total. The number of carbonyl (C=O) groups excluding carboxylic acids is 3. The summed E-state index contributed by atoms with van der Waals surface area (Å²) in [5.41, 5.74) is 2.33. The molecule has 0 bridgehead atoms. The zero-order chi connectivity index (χ0) is 19.3. The predicted octanol–water partition coefficient (Wildman–Crippen LogP) is 4.14. The van der Waals surface area contributed by atoms with Crippen molar-refractivity contribution in [3.05, 3.63) is 45.8 Å². The van der Waals surface area contributed by atoms with Gasteiger partial charge in [-0.1, -0.05) is 25.1 Å². The van der Waals surface area contributed by atoms with Crippen molar-refractivity contribution < 1.29 is 19.1 Å². The average molecular weight is 374 g/mol. The summed E-state index contributed by atoms with van der Waals surface area (Å²) in [6.45, 7) is 5.46. The quantitative estimate of drug-likeness (QED) is 0.744. The van der Waals surface area contributed by atoms with Gasteiger partial charge < -0.3 is 15.4 Å². The fraction of sp³-hybridized carbons (Fsp3) is 0.316. The summed E-state index contributed by atoms with van der Waals surface area (Å²) >= 11 is 1.07. The van der Waals surface area contributed by atoms with Crippen LogP contribution in [0.4, 0.5) is 10.7 Å². The van der Waals surface area contributed by atoms with Gasteiger partial charge in [0, 0.05) is 12.1 Å². The largest absolute Gasteiger partial charge is 0.465 e. The molecule has 0 aliphatic rings. The van der Waals surface area contributed by atoms with Crippen molar-refractivity contribution in [1.82, 2.24) is 0 Å². The van der Waals surface area contributed by atoms with Crippen LogP contribution in [-0.2, 0) is 9.53 Å². The molecule has 0 atom stereocenters. The van der Waals surface area contributed by atoms with Crippen molar-refractivity contribution in [2.45, 2.75) is 33.6 Å². The first-order valence-corrected chi connectivity index (χ1v) is 9.09. The predicted molar refractivity (Wildman–Crippen MR) is 103 cm³/mol. The van der Waals surface area contributed by atoms with Crippen LogP contribution in [0.15, 0.2) is 24.3 Å². The maximum Gasteiger partial charge on any atom is 0.341 e. The van der Waals surface area contributed by atoms with Crippen LogP contribution in [0, 0.1) is 13.8 Å². The molecule has 1 heterocycles. The number of para-hydroxylation sites is 1. The first kappa shape index (κ1) is 19.7. The fourth-order valence-electron chi connectivity index (χ4n) is 2.47. The highest BCUT2D eigenvalue weighted by molar-refractivity contribution is 7.18. The normalized spacial score (nSPS) is 10.3. The van der Waals surface area contributed by atoms with E-state index in [1.807, 2.05) is 32.0 Å². The number of carbonyl (C=O) groups is 3. The monoisotopic (exact) mass is 374 g/mol. The molecule has 2 aromatic rings. The Morgan fingerprint density at radius 3 is 2.42 bits per heavy atom. The van der Waals surface area contributed by atoms with Crippen molar-refractivity contribution in [3.8, 4) is 0 Å². The second kappa shape index (κ2) is 8.62. The molecule has 0 unspecified atom stereocenters. The lowest BCUT2D eigenvalue weighted by atomic mass is 10.1. The van der Waals surface area contributed by atoms with E-state index in [-0.39, 0.29) is 17.4 Å². The topological polar surface area (TPSA) is 84.5 Å². The Balaban J connectivity index is 2.37. The molecular weight excluding hydrogens is 352 g/mol. The van der Waals surface area contributed by atoms with E-state index < -0.39 is 5.97 Å². The zero-order valence-electron chi connectivity index (χ0n) is 15.3. The van der Waals surface area contributed by atoms with Crippen molar-refractivity contribution in [2.75, 3.05) is 17.7 Å². The van der Waals surface area contributed by atoms with Gasteiger partial charge in [0.2, 0.25) is 5.91 Å². The van der Waals surface area contributed by atoms with Crippen LogP contribution in [0.2, 0.25) is 0 Å². The standard InChI is InChI=1S/C19H22N2O4S/c1-5-8-14(22)21-18-15(19(24)25-4)12(3)16(26-18)17(23)20-13-10-7-6-9-11(13)2/h6-7,9-10H,5,8H2,1-4H3,(H,20,23)(H,21,22). The van der Waals surface area contributed by atoms with Crippen LogP contribution >= 0.6 is 11.3 Å². The van der Waals surface area contributed by atoms with E-state index in [2.05, 4.69) is 10.6 Å². The fourth-order valence-corrected chi connectivity index (χ4v) is 3.58. The molecule has 0 aliphatic carbocycles. The maximum absolute atomic E-state index is 12.7. The molecule has 2 rings (SSSR count). The van der Waals surface area contributed by atoms with E-state index in [9.17, 15) is 14.4 Å². The molecule has 1 aromatic heterocycles. The van der Waals surface area contributed by atoms with Gasteiger partial charge in [0.05, 0.1) is 17.6 Å². The number of anilines is 2. The number of thiophene rings is 1.